The number of anilines is 2. The second-order valence-corrected chi connectivity index (χ2v) is 6.67. The van der Waals surface area contributed by atoms with Gasteiger partial charge in [-0.25, -0.2) is 0 Å². The normalized spacial score (nSPS) is 16.6. The van der Waals surface area contributed by atoms with Crippen molar-refractivity contribution in [1.29, 1.82) is 0 Å². The lowest BCUT2D eigenvalue weighted by atomic mass is 10.1. The van der Waals surface area contributed by atoms with E-state index in [9.17, 15) is 4.79 Å². The number of aryl methyl sites for hydroxylation is 1. The number of amides is 1. The minimum Gasteiger partial charge on any atom is -0.454 e. The number of hydrogen-bond acceptors (Lipinski definition) is 5. The van der Waals surface area contributed by atoms with Crippen LogP contribution in [-0.4, -0.2) is 50.3 Å². The molecule has 2 aromatic carbocycles. The quantitative estimate of drug-likeness (QED) is 0.915. The van der Waals surface area contributed by atoms with E-state index in [0.717, 1.165) is 43.2 Å². The number of carbonyl (C=O) groups excluding carboxylic acids is 1. The summed E-state index contributed by atoms with van der Waals surface area (Å²) in [7, 11) is 0. The van der Waals surface area contributed by atoms with Crippen LogP contribution in [0, 0.1) is 6.92 Å². The van der Waals surface area contributed by atoms with E-state index in [0.29, 0.717) is 12.3 Å². The minimum atomic E-state index is 0.000117. The SMILES string of the molecule is Cc1cc2c(cc1NC(=O)CN1CCN(c3ccccc3)CC1)OCO2. The van der Waals surface area contributed by atoms with Gasteiger partial charge in [0.2, 0.25) is 12.7 Å². The Kier molecular flexibility index (Phi) is 4.67. The van der Waals surface area contributed by atoms with Crippen molar-refractivity contribution >= 4 is 17.3 Å². The smallest absolute Gasteiger partial charge is 0.238 e. The number of piperazine rings is 1. The molecule has 0 atom stereocenters. The third-order valence-corrected chi connectivity index (χ3v) is 4.85. The molecule has 136 valence electrons. The fourth-order valence-corrected chi connectivity index (χ4v) is 3.37. The van der Waals surface area contributed by atoms with Crippen LogP contribution in [0.25, 0.3) is 0 Å². The first-order chi connectivity index (χ1) is 12.7. The summed E-state index contributed by atoms with van der Waals surface area (Å²) >= 11 is 0. The molecule has 26 heavy (non-hydrogen) atoms. The Hall–Kier alpha value is -2.73. The van der Waals surface area contributed by atoms with E-state index in [4.69, 9.17) is 9.47 Å². The van der Waals surface area contributed by atoms with Crippen LogP contribution in [0.4, 0.5) is 11.4 Å². The van der Waals surface area contributed by atoms with E-state index in [2.05, 4.69) is 39.4 Å². The first-order valence-electron chi connectivity index (χ1n) is 8.91. The first kappa shape index (κ1) is 16.7. The van der Waals surface area contributed by atoms with Gasteiger partial charge in [-0.05, 0) is 30.7 Å². The Morgan fingerprint density at radius 3 is 2.46 bits per heavy atom. The Morgan fingerprint density at radius 1 is 1.04 bits per heavy atom. The van der Waals surface area contributed by atoms with Crippen LogP contribution in [-0.2, 0) is 4.79 Å². The van der Waals surface area contributed by atoms with Crippen molar-refractivity contribution in [3.63, 3.8) is 0 Å². The topological polar surface area (TPSA) is 54.0 Å². The number of benzene rings is 2. The molecule has 2 heterocycles. The van der Waals surface area contributed by atoms with Gasteiger partial charge in [0, 0.05) is 43.6 Å². The number of ether oxygens (including phenoxy) is 2. The second-order valence-electron chi connectivity index (χ2n) is 6.67. The minimum absolute atomic E-state index is 0.000117. The zero-order valence-electron chi connectivity index (χ0n) is 14.9. The summed E-state index contributed by atoms with van der Waals surface area (Å²) in [6.07, 6.45) is 0. The molecular formula is C20H23N3O3. The molecule has 0 radical (unpaired) electrons. The van der Waals surface area contributed by atoms with Crippen LogP contribution in [0.1, 0.15) is 5.56 Å². The Labute approximate surface area is 153 Å². The molecule has 0 spiro atoms. The molecule has 6 nitrogen and oxygen atoms in total. The molecule has 2 aromatic rings. The molecular weight excluding hydrogens is 330 g/mol. The molecule has 0 aromatic heterocycles. The lowest BCUT2D eigenvalue weighted by molar-refractivity contribution is -0.117. The van der Waals surface area contributed by atoms with Gasteiger partial charge in [-0.3, -0.25) is 9.69 Å². The third-order valence-electron chi connectivity index (χ3n) is 4.85. The van der Waals surface area contributed by atoms with Crippen molar-refractivity contribution in [1.82, 2.24) is 4.90 Å². The maximum atomic E-state index is 12.4. The summed E-state index contributed by atoms with van der Waals surface area (Å²) in [6, 6.07) is 14.1. The van der Waals surface area contributed by atoms with Gasteiger partial charge in [0.1, 0.15) is 0 Å². The van der Waals surface area contributed by atoms with Crippen molar-refractivity contribution in [3.05, 3.63) is 48.0 Å². The van der Waals surface area contributed by atoms with Crippen molar-refractivity contribution in [2.45, 2.75) is 6.92 Å². The molecule has 1 saturated heterocycles. The highest BCUT2D eigenvalue weighted by molar-refractivity contribution is 5.93. The zero-order valence-corrected chi connectivity index (χ0v) is 14.9. The molecule has 1 amide bonds. The average molecular weight is 353 g/mol. The number of nitrogens with zero attached hydrogens (tertiary/aromatic N) is 2. The van der Waals surface area contributed by atoms with Crippen molar-refractivity contribution < 1.29 is 14.3 Å². The van der Waals surface area contributed by atoms with Crippen LogP contribution in [0.2, 0.25) is 0 Å². The highest BCUT2D eigenvalue weighted by atomic mass is 16.7. The molecule has 0 aliphatic carbocycles. The van der Waals surface area contributed by atoms with E-state index in [1.54, 1.807) is 0 Å². The maximum Gasteiger partial charge on any atom is 0.238 e. The van der Waals surface area contributed by atoms with Gasteiger partial charge in [-0.15, -0.1) is 0 Å². The molecule has 2 aliphatic heterocycles. The standard InChI is InChI=1S/C20H23N3O3/c1-15-11-18-19(26-14-25-18)12-17(15)21-20(24)13-22-7-9-23(10-8-22)16-5-3-2-4-6-16/h2-6,11-12H,7-10,13-14H2,1H3,(H,21,24). The molecule has 6 heteroatoms. The Bertz CT molecular complexity index is 786. The van der Waals surface area contributed by atoms with E-state index in [-0.39, 0.29) is 12.7 Å². The fraction of sp³-hybridized carbons (Fsp3) is 0.350. The third kappa shape index (κ3) is 3.60. The summed E-state index contributed by atoms with van der Waals surface area (Å²) in [6.45, 7) is 6.20. The van der Waals surface area contributed by atoms with E-state index < -0.39 is 0 Å². The van der Waals surface area contributed by atoms with Crippen LogP contribution >= 0.6 is 0 Å². The summed E-state index contributed by atoms with van der Waals surface area (Å²) < 4.78 is 10.7. The van der Waals surface area contributed by atoms with E-state index >= 15 is 0 Å². The number of rotatable bonds is 4. The zero-order chi connectivity index (χ0) is 17.9. The average Bonchev–Trinajstić information content (AvgIpc) is 3.10. The summed E-state index contributed by atoms with van der Waals surface area (Å²) in [5.41, 5.74) is 2.99. The fourth-order valence-electron chi connectivity index (χ4n) is 3.37. The number of carbonyl (C=O) groups is 1. The van der Waals surface area contributed by atoms with Crippen LogP contribution < -0.4 is 19.7 Å². The summed E-state index contributed by atoms with van der Waals surface area (Å²) in [5, 5.41) is 3.00. The van der Waals surface area contributed by atoms with Gasteiger partial charge in [-0.1, -0.05) is 18.2 Å². The molecule has 4 rings (SSSR count). The summed E-state index contributed by atoms with van der Waals surface area (Å²) in [4.78, 5) is 17.0. The number of fused-ring (bicyclic) bond motifs is 1. The van der Waals surface area contributed by atoms with Gasteiger partial charge in [0.05, 0.1) is 6.54 Å². The Morgan fingerprint density at radius 2 is 1.73 bits per heavy atom. The lowest BCUT2D eigenvalue weighted by Gasteiger charge is -2.35. The largest absolute Gasteiger partial charge is 0.454 e. The molecule has 0 unspecified atom stereocenters. The molecule has 1 N–H and O–H groups in total. The van der Waals surface area contributed by atoms with Crippen LogP contribution in [0.15, 0.2) is 42.5 Å². The van der Waals surface area contributed by atoms with Crippen LogP contribution in [0.3, 0.4) is 0 Å². The van der Waals surface area contributed by atoms with Gasteiger partial charge in [0.15, 0.2) is 11.5 Å². The number of nitrogens with one attached hydrogen (secondary N) is 1. The van der Waals surface area contributed by atoms with Crippen molar-refractivity contribution in [2.24, 2.45) is 0 Å². The van der Waals surface area contributed by atoms with Crippen molar-refractivity contribution in [2.75, 3.05) is 49.7 Å². The van der Waals surface area contributed by atoms with Gasteiger partial charge in [-0.2, -0.15) is 0 Å². The van der Waals surface area contributed by atoms with Gasteiger partial charge < -0.3 is 19.7 Å². The van der Waals surface area contributed by atoms with Gasteiger partial charge >= 0.3 is 0 Å². The lowest BCUT2D eigenvalue weighted by Crippen LogP contribution is -2.48. The Balaban J connectivity index is 1.31. The predicted octanol–water partition coefficient (Wildman–Crippen LogP) is 2.48. The van der Waals surface area contributed by atoms with E-state index in [1.165, 1.54) is 5.69 Å². The molecule has 0 saturated carbocycles. The first-order valence-corrected chi connectivity index (χ1v) is 8.91. The predicted molar refractivity (Wildman–Crippen MR) is 101 cm³/mol. The highest BCUT2D eigenvalue weighted by Crippen LogP contribution is 2.36. The highest BCUT2D eigenvalue weighted by Gasteiger charge is 2.20. The number of para-hydroxylation sites is 1. The molecule has 0 bridgehead atoms. The second kappa shape index (κ2) is 7.25. The van der Waals surface area contributed by atoms with Crippen molar-refractivity contribution in [3.8, 4) is 11.5 Å². The molecule has 2 aliphatic rings. The maximum absolute atomic E-state index is 12.4. The summed E-state index contributed by atoms with van der Waals surface area (Å²) in [5.74, 6) is 1.42. The van der Waals surface area contributed by atoms with Gasteiger partial charge in [0.25, 0.3) is 0 Å². The number of hydrogen-bond donors (Lipinski definition) is 1. The van der Waals surface area contributed by atoms with E-state index in [1.807, 2.05) is 25.1 Å². The molecule has 1 fully saturated rings. The monoisotopic (exact) mass is 353 g/mol. The van der Waals surface area contributed by atoms with Crippen LogP contribution in [0.5, 0.6) is 11.5 Å².